The van der Waals surface area contributed by atoms with Crippen molar-refractivity contribution >= 4 is 5.91 Å². The maximum absolute atomic E-state index is 12.1. The zero-order chi connectivity index (χ0) is 18.2. The number of carbonyl (C=O) groups excluding carboxylic acids is 1. The third-order valence-electron chi connectivity index (χ3n) is 5.65. The Morgan fingerprint density at radius 1 is 1.30 bits per heavy atom. The van der Waals surface area contributed by atoms with E-state index >= 15 is 0 Å². The molecule has 1 saturated heterocycles. The van der Waals surface area contributed by atoms with Gasteiger partial charge in [0, 0.05) is 19.0 Å². The van der Waals surface area contributed by atoms with Crippen molar-refractivity contribution in [3.63, 3.8) is 0 Å². The monoisotopic (exact) mass is 368 g/mol. The van der Waals surface area contributed by atoms with Gasteiger partial charge >= 0.3 is 0 Å². The molecule has 3 heterocycles. The number of fused-ring (bicyclic) bond motifs is 1. The van der Waals surface area contributed by atoms with Crippen molar-refractivity contribution < 1.29 is 14.1 Å². The molecule has 1 aliphatic carbocycles. The van der Waals surface area contributed by atoms with E-state index in [0.29, 0.717) is 11.9 Å². The molecule has 2 aliphatic heterocycles. The molecule has 0 bridgehead atoms. The zero-order valence-electron chi connectivity index (χ0n) is 15.3. The van der Waals surface area contributed by atoms with Gasteiger partial charge in [0.25, 0.3) is 11.7 Å². The third kappa shape index (κ3) is 3.56. The molecule has 7 nitrogen and oxygen atoms in total. The Labute approximate surface area is 158 Å². The van der Waals surface area contributed by atoms with Crippen molar-refractivity contribution in [2.45, 2.75) is 50.6 Å². The summed E-state index contributed by atoms with van der Waals surface area (Å²) in [6.45, 7) is 2.75. The summed E-state index contributed by atoms with van der Waals surface area (Å²) in [5.41, 5.74) is 2.65. The summed E-state index contributed by atoms with van der Waals surface area (Å²) in [5.74, 6) is 1.52. The summed E-state index contributed by atoms with van der Waals surface area (Å²) < 4.78 is 11.0. The van der Waals surface area contributed by atoms with E-state index in [9.17, 15) is 4.79 Å². The van der Waals surface area contributed by atoms with Crippen LogP contribution in [0.5, 0.6) is 5.75 Å². The fourth-order valence-corrected chi connectivity index (χ4v) is 3.98. The minimum absolute atomic E-state index is 0.109. The van der Waals surface area contributed by atoms with Crippen LogP contribution >= 0.6 is 0 Å². The molecule has 1 amide bonds. The van der Waals surface area contributed by atoms with E-state index < -0.39 is 0 Å². The molecule has 1 atom stereocenters. The zero-order valence-corrected chi connectivity index (χ0v) is 15.3. The lowest BCUT2D eigenvalue weighted by atomic mass is 10.1. The highest BCUT2D eigenvalue weighted by Crippen LogP contribution is 2.32. The van der Waals surface area contributed by atoms with Gasteiger partial charge in [0.1, 0.15) is 5.75 Å². The Hall–Kier alpha value is -2.41. The lowest BCUT2D eigenvalue weighted by molar-refractivity contribution is 0.0937. The Balaban J connectivity index is 1.22. The normalized spacial score (nSPS) is 21.9. The Kier molecular flexibility index (Phi) is 4.32. The van der Waals surface area contributed by atoms with E-state index in [0.717, 1.165) is 64.0 Å². The molecule has 1 saturated carbocycles. The standard InChI is InChI=1S/C20H24N4O3/c25-19(21-15-4-5-15)18-22-20(27-23-18)16-2-1-9-24(16)10-7-13-3-6-17-14(12-13)8-11-26-17/h3,6,12,15-16H,1-2,4-5,7-11H2,(H,21,25)/t16-/m1/s1. The first-order valence-electron chi connectivity index (χ1n) is 9.89. The minimum atomic E-state index is -0.225. The van der Waals surface area contributed by atoms with E-state index in [4.69, 9.17) is 9.26 Å². The van der Waals surface area contributed by atoms with Crippen LogP contribution in [0.4, 0.5) is 0 Å². The predicted molar refractivity (Wildman–Crippen MR) is 97.7 cm³/mol. The van der Waals surface area contributed by atoms with Gasteiger partial charge in [0.15, 0.2) is 0 Å². The first kappa shape index (κ1) is 16.7. The molecule has 27 heavy (non-hydrogen) atoms. The number of rotatable bonds is 6. The van der Waals surface area contributed by atoms with E-state index in [1.807, 2.05) is 0 Å². The fourth-order valence-electron chi connectivity index (χ4n) is 3.98. The van der Waals surface area contributed by atoms with Gasteiger partial charge in [-0.2, -0.15) is 4.98 Å². The molecular formula is C20H24N4O3. The average molecular weight is 368 g/mol. The summed E-state index contributed by atoms with van der Waals surface area (Å²) >= 11 is 0. The quantitative estimate of drug-likeness (QED) is 0.843. The maximum atomic E-state index is 12.1. The van der Waals surface area contributed by atoms with Crippen LogP contribution in [0.1, 0.15) is 59.4 Å². The van der Waals surface area contributed by atoms with Crippen LogP contribution in [0.15, 0.2) is 22.7 Å². The fraction of sp³-hybridized carbons (Fsp3) is 0.550. The van der Waals surface area contributed by atoms with Crippen LogP contribution in [-0.4, -0.2) is 46.7 Å². The summed E-state index contributed by atoms with van der Waals surface area (Å²) in [7, 11) is 0. The lowest BCUT2D eigenvalue weighted by Crippen LogP contribution is -2.27. The summed E-state index contributed by atoms with van der Waals surface area (Å²) in [4.78, 5) is 18.9. The lowest BCUT2D eigenvalue weighted by Gasteiger charge is -2.21. The van der Waals surface area contributed by atoms with Crippen LogP contribution in [0.2, 0.25) is 0 Å². The maximum Gasteiger partial charge on any atom is 0.292 e. The van der Waals surface area contributed by atoms with Gasteiger partial charge in [-0.1, -0.05) is 17.3 Å². The summed E-state index contributed by atoms with van der Waals surface area (Å²) in [6.07, 6.45) is 6.16. The largest absolute Gasteiger partial charge is 0.493 e. The van der Waals surface area contributed by atoms with Crippen LogP contribution in [-0.2, 0) is 12.8 Å². The van der Waals surface area contributed by atoms with Gasteiger partial charge in [-0.15, -0.1) is 0 Å². The molecule has 1 N–H and O–H groups in total. The van der Waals surface area contributed by atoms with Gasteiger partial charge in [-0.25, -0.2) is 0 Å². The Morgan fingerprint density at radius 3 is 3.11 bits per heavy atom. The van der Waals surface area contributed by atoms with Gasteiger partial charge in [0.05, 0.1) is 12.6 Å². The number of aromatic nitrogens is 2. The van der Waals surface area contributed by atoms with Gasteiger partial charge < -0.3 is 14.6 Å². The molecule has 1 aromatic heterocycles. The van der Waals surface area contributed by atoms with Crippen molar-refractivity contribution in [2.24, 2.45) is 0 Å². The summed E-state index contributed by atoms with van der Waals surface area (Å²) in [6, 6.07) is 6.91. The van der Waals surface area contributed by atoms with Crippen molar-refractivity contribution in [3.8, 4) is 5.75 Å². The van der Waals surface area contributed by atoms with Gasteiger partial charge in [0.2, 0.25) is 5.89 Å². The van der Waals surface area contributed by atoms with Crippen LogP contribution in [0, 0.1) is 0 Å². The van der Waals surface area contributed by atoms with E-state index in [1.54, 1.807) is 0 Å². The minimum Gasteiger partial charge on any atom is -0.493 e. The molecule has 7 heteroatoms. The number of amides is 1. The van der Waals surface area contributed by atoms with Gasteiger partial charge in [-0.05, 0) is 55.8 Å². The molecule has 0 radical (unpaired) electrons. The first-order chi connectivity index (χ1) is 13.3. The molecular weight excluding hydrogens is 344 g/mol. The number of carbonyl (C=O) groups is 1. The van der Waals surface area contributed by atoms with Crippen molar-refractivity contribution in [2.75, 3.05) is 19.7 Å². The number of hydrogen-bond acceptors (Lipinski definition) is 6. The third-order valence-corrected chi connectivity index (χ3v) is 5.65. The first-order valence-corrected chi connectivity index (χ1v) is 9.89. The van der Waals surface area contributed by atoms with Crippen molar-refractivity contribution in [1.82, 2.24) is 20.4 Å². The number of nitrogens with zero attached hydrogens (tertiary/aromatic N) is 3. The molecule has 0 unspecified atom stereocenters. The highest BCUT2D eigenvalue weighted by Gasteiger charge is 2.32. The molecule has 2 fully saturated rings. The molecule has 142 valence electrons. The van der Waals surface area contributed by atoms with Gasteiger partial charge in [-0.3, -0.25) is 9.69 Å². The number of nitrogens with one attached hydrogen (secondary N) is 1. The smallest absolute Gasteiger partial charge is 0.292 e. The Morgan fingerprint density at radius 2 is 2.22 bits per heavy atom. The summed E-state index contributed by atoms with van der Waals surface area (Å²) in [5, 5.41) is 6.80. The highest BCUT2D eigenvalue weighted by molar-refractivity contribution is 5.90. The van der Waals surface area contributed by atoms with Crippen molar-refractivity contribution in [1.29, 1.82) is 0 Å². The second-order valence-corrected chi connectivity index (χ2v) is 7.69. The van der Waals surface area contributed by atoms with Crippen LogP contribution < -0.4 is 10.1 Å². The average Bonchev–Trinajstić information content (AvgIpc) is 3.11. The molecule has 5 rings (SSSR count). The van der Waals surface area contributed by atoms with Crippen LogP contribution in [0.25, 0.3) is 0 Å². The molecule has 1 aromatic carbocycles. The number of hydrogen-bond donors (Lipinski definition) is 1. The second-order valence-electron chi connectivity index (χ2n) is 7.69. The van der Waals surface area contributed by atoms with E-state index in [1.165, 1.54) is 11.1 Å². The SMILES string of the molecule is O=C(NC1CC1)c1noc([C@H]2CCCN2CCc2ccc3c(c2)CCO3)n1. The van der Waals surface area contributed by atoms with Crippen LogP contribution in [0.3, 0.4) is 0 Å². The predicted octanol–water partition coefficient (Wildman–Crippen LogP) is 2.28. The highest BCUT2D eigenvalue weighted by atomic mass is 16.5. The topological polar surface area (TPSA) is 80.5 Å². The number of ether oxygens (including phenoxy) is 1. The number of benzene rings is 1. The Bertz CT molecular complexity index is 846. The van der Waals surface area contributed by atoms with E-state index in [2.05, 4.69) is 38.6 Å². The van der Waals surface area contributed by atoms with E-state index in [-0.39, 0.29) is 17.8 Å². The number of likely N-dealkylation sites (tertiary alicyclic amines) is 1. The molecule has 0 spiro atoms. The molecule has 2 aromatic rings. The second kappa shape index (κ2) is 6.96. The molecule has 3 aliphatic rings. The van der Waals surface area contributed by atoms with Crippen molar-refractivity contribution in [3.05, 3.63) is 41.0 Å².